The fraction of sp³-hybridized carbons (Fsp3) is 0.840. The van der Waals surface area contributed by atoms with E-state index in [2.05, 4.69) is 17.3 Å². The highest BCUT2D eigenvalue weighted by Crippen LogP contribution is 2.28. The quantitative estimate of drug-likeness (QED) is 0.193. The Kier molecular flexibility index (Phi) is 16.5. The molecule has 0 aliphatic carbocycles. The molecule has 0 radical (unpaired) electrons. The number of nitrogens with one attached hydrogen (secondary N) is 1. The Morgan fingerprint density at radius 1 is 0.875 bits per heavy atom. The molecule has 32 heavy (non-hydrogen) atoms. The van der Waals surface area contributed by atoms with E-state index in [1.165, 1.54) is 94.6 Å². The van der Waals surface area contributed by atoms with Gasteiger partial charge in [0, 0.05) is 6.54 Å². The van der Waals surface area contributed by atoms with Crippen molar-refractivity contribution in [2.75, 3.05) is 6.54 Å². The molecule has 0 aliphatic rings. The Morgan fingerprint density at radius 3 is 1.72 bits per heavy atom. The van der Waals surface area contributed by atoms with Crippen molar-refractivity contribution in [2.24, 2.45) is 0 Å². The first-order valence-electron chi connectivity index (χ1n) is 12.7. The minimum absolute atomic E-state index is 0.0643. The number of nitrogens with zero attached hydrogens (tertiary/aromatic N) is 2. The summed E-state index contributed by atoms with van der Waals surface area (Å²) in [5.74, 6) is -0.228. The Hall–Kier alpha value is -1.17. The Bertz CT molecular complexity index is 623. The van der Waals surface area contributed by atoms with Crippen molar-refractivity contribution in [3.05, 3.63) is 16.4 Å². The fourth-order valence-corrected chi connectivity index (χ4v) is 4.15. The highest BCUT2D eigenvalue weighted by atomic mass is 35.5. The number of halogens is 3. The predicted octanol–water partition coefficient (Wildman–Crippen LogP) is 8.16. The molecule has 0 aromatic carbocycles. The molecule has 0 saturated heterocycles. The molecule has 1 aromatic rings. The Labute approximate surface area is 198 Å². The van der Waals surface area contributed by atoms with Crippen molar-refractivity contribution in [1.29, 1.82) is 0 Å². The van der Waals surface area contributed by atoms with Crippen molar-refractivity contribution in [1.82, 2.24) is 15.1 Å². The summed E-state index contributed by atoms with van der Waals surface area (Å²) in [5, 5.41) is 6.52. The van der Waals surface area contributed by atoms with Gasteiger partial charge in [-0.2, -0.15) is 5.10 Å². The zero-order chi connectivity index (χ0) is 23.6. The van der Waals surface area contributed by atoms with Crippen molar-refractivity contribution >= 4 is 17.5 Å². The molecule has 0 unspecified atom stereocenters. The Morgan fingerprint density at radius 2 is 1.31 bits per heavy atom. The number of hydrogen-bond acceptors (Lipinski definition) is 2. The zero-order valence-electron chi connectivity index (χ0n) is 20.2. The molecular formula is C25H44ClF2N3O. The first-order chi connectivity index (χ1) is 15.5. The van der Waals surface area contributed by atoms with Crippen LogP contribution >= 0.6 is 11.6 Å². The maximum absolute atomic E-state index is 12.8. The number of unbranched alkanes of at least 4 members (excludes halogenated alkanes) is 15. The van der Waals surface area contributed by atoms with Crippen molar-refractivity contribution in [3.63, 3.8) is 0 Å². The predicted molar refractivity (Wildman–Crippen MR) is 129 cm³/mol. The number of rotatable bonds is 20. The van der Waals surface area contributed by atoms with Crippen molar-refractivity contribution in [3.8, 4) is 0 Å². The maximum atomic E-state index is 12.8. The van der Waals surface area contributed by atoms with E-state index in [1.807, 2.05) is 0 Å². The molecule has 1 aromatic heterocycles. The van der Waals surface area contributed by atoms with E-state index in [-0.39, 0.29) is 17.5 Å². The molecule has 1 amide bonds. The van der Waals surface area contributed by atoms with E-state index in [0.717, 1.165) is 12.8 Å². The summed E-state index contributed by atoms with van der Waals surface area (Å²) in [6, 6.07) is 0. The maximum Gasteiger partial charge on any atom is 0.283 e. The van der Waals surface area contributed by atoms with Gasteiger partial charge in [-0.05, 0) is 13.3 Å². The summed E-state index contributed by atoms with van der Waals surface area (Å²) in [6.45, 7) is 4.37. The molecule has 0 saturated carbocycles. The van der Waals surface area contributed by atoms with Gasteiger partial charge >= 0.3 is 0 Å². The molecule has 186 valence electrons. The van der Waals surface area contributed by atoms with Crippen LogP contribution < -0.4 is 5.32 Å². The van der Waals surface area contributed by atoms with Crippen LogP contribution in [0.3, 0.4) is 0 Å². The molecular weight excluding hydrogens is 432 g/mol. The van der Waals surface area contributed by atoms with Gasteiger partial charge in [0.1, 0.15) is 12.2 Å². The summed E-state index contributed by atoms with van der Waals surface area (Å²) in [6.07, 6.45) is 18.3. The largest absolute Gasteiger partial charge is 0.354 e. The molecule has 7 heteroatoms. The lowest BCUT2D eigenvalue weighted by atomic mass is 10.0. The number of amides is 1. The van der Waals surface area contributed by atoms with Crippen LogP contribution in [-0.2, 0) is 11.3 Å². The van der Waals surface area contributed by atoms with Crippen LogP contribution in [0.1, 0.15) is 127 Å². The van der Waals surface area contributed by atoms with E-state index < -0.39 is 12.1 Å². The topological polar surface area (TPSA) is 46.9 Å². The summed E-state index contributed by atoms with van der Waals surface area (Å²) in [7, 11) is 0. The van der Waals surface area contributed by atoms with Gasteiger partial charge < -0.3 is 5.32 Å². The number of hydrogen-bond donors (Lipinski definition) is 1. The van der Waals surface area contributed by atoms with E-state index in [4.69, 9.17) is 11.6 Å². The summed E-state index contributed by atoms with van der Waals surface area (Å²) in [4.78, 5) is 12.0. The van der Waals surface area contributed by atoms with Crippen LogP contribution in [0.25, 0.3) is 0 Å². The molecule has 0 spiro atoms. The van der Waals surface area contributed by atoms with Crippen molar-refractivity contribution < 1.29 is 13.6 Å². The summed E-state index contributed by atoms with van der Waals surface area (Å²) < 4.78 is 26.9. The average molecular weight is 476 g/mol. The van der Waals surface area contributed by atoms with Gasteiger partial charge in [0.2, 0.25) is 5.91 Å². The second-order valence-electron chi connectivity index (χ2n) is 8.90. The summed E-state index contributed by atoms with van der Waals surface area (Å²) >= 11 is 5.85. The molecule has 1 N–H and O–H groups in total. The first-order valence-corrected chi connectivity index (χ1v) is 13.1. The SMILES string of the molecule is CCCCCCCCCCCCCCCCCCNC(=O)Cn1nc(C(F)F)c(Cl)c1C. The second kappa shape index (κ2) is 18.3. The first kappa shape index (κ1) is 28.9. The third kappa shape index (κ3) is 12.8. The van der Waals surface area contributed by atoms with Gasteiger partial charge in [-0.1, -0.05) is 115 Å². The number of carbonyl (C=O) groups is 1. The molecule has 1 heterocycles. The average Bonchev–Trinajstić information content (AvgIpc) is 3.04. The van der Waals surface area contributed by atoms with Gasteiger partial charge in [-0.3, -0.25) is 9.48 Å². The van der Waals surface area contributed by atoms with Crippen molar-refractivity contribution in [2.45, 2.75) is 130 Å². The number of alkyl halides is 2. The third-order valence-electron chi connectivity index (χ3n) is 6.01. The molecule has 0 aliphatic heterocycles. The monoisotopic (exact) mass is 475 g/mol. The molecule has 0 bridgehead atoms. The Balaban J connectivity index is 1.91. The number of aromatic nitrogens is 2. The van der Waals surface area contributed by atoms with Gasteiger partial charge in [0.15, 0.2) is 0 Å². The lowest BCUT2D eigenvalue weighted by Gasteiger charge is -2.07. The van der Waals surface area contributed by atoms with E-state index in [0.29, 0.717) is 12.2 Å². The van der Waals surface area contributed by atoms with Crippen LogP contribution in [0, 0.1) is 6.92 Å². The van der Waals surface area contributed by atoms with E-state index in [1.54, 1.807) is 6.92 Å². The normalized spacial score (nSPS) is 11.4. The third-order valence-corrected chi connectivity index (χ3v) is 6.48. The lowest BCUT2D eigenvalue weighted by Crippen LogP contribution is -2.29. The van der Waals surface area contributed by atoms with E-state index >= 15 is 0 Å². The standard InChI is InChI=1S/C25H44ClF2N3O/c1-3-4-5-6-7-8-9-10-11-12-13-14-15-16-17-18-19-29-22(32)20-31-21(2)23(26)24(30-31)25(27)28/h25H,3-20H2,1-2H3,(H,29,32). The lowest BCUT2D eigenvalue weighted by molar-refractivity contribution is -0.121. The second-order valence-corrected chi connectivity index (χ2v) is 9.27. The van der Waals surface area contributed by atoms with E-state index in [9.17, 15) is 13.6 Å². The van der Waals surface area contributed by atoms with Crippen LogP contribution in [0.4, 0.5) is 8.78 Å². The smallest absolute Gasteiger partial charge is 0.283 e. The van der Waals surface area contributed by atoms with Crippen LogP contribution in [0.2, 0.25) is 5.02 Å². The molecule has 0 atom stereocenters. The fourth-order valence-electron chi connectivity index (χ4n) is 3.93. The van der Waals surface area contributed by atoms with Gasteiger partial charge in [-0.25, -0.2) is 8.78 Å². The van der Waals surface area contributed by atoms with Crippen LogP contribution in [-0.4, -0.2) is 22.2 Å². The molecule has 0 fully saturated rings. The van der Waals surface area contributed by atoms with Gasteiger partial charge in [0.05, 0.1) is 10.7 Å². The van der Waals surface area contributed by atoms with Gasteiger partial charge in [-0.15, -0.1) is 0 Å². The summed E-state index contributed by atoms with van der Waals surface area (Å²) in [5.41, 5.74) is -0.0747. The zero-order valence-corrected chi connectivity index (χ0v) is 21.0. The molecule has 4 nitrogen and oxygen atoms in total. The minimum Gasteiger partial charge on any atom is -0.354 e. The highest BCUT2D eigenvalue weighted by molar-refractivity contribution is 6.31. The highest BCUT2D eigenvalue weighted by Gasteiger charge is 2.21. The van der Waals surface area contributed by atoms with Crippen LogP contribution in [0.5, 0.6) is 0 Å². The number of carbonyl (C=O) groups excluding carboxylic acids is 1. The van der Waals surface area contributed by atoms with Crippen LogP contribution in [0.15, 0.2) is 0 Å². The minimum atomic E-state index is -2.74. The van der Waals surface area contributed by atoms with Gasteiger partial charge in [0.25, 0.3) is 6.43 Å². The molecule has 1 rings (SSSR count).